The molecule has 1 N–H and O–H groups in total. The van der Waals surface area contributed by atoms with Crippen molar-refractivity contribution in [1.82, 2.24) is 4.90 Å². The summed E-state index contributed by atoms with van der Waals surface area (Å²) in [6.45, 7) is 6.88. The molecule has 0 bridgehead atoms. The lowest BCUT2D eigenvalue weighted by Crippen LogP contribution is -2.55. The molecule has 0 spiro atoms. The number of ether oxygens (including phenoxy) is 1. The molecule has 4 nitrogen and oxygen atoms in total. The van der Waals surface area contributed by atoms with Crippen LogP contribution in [0.2, 0.25) is 0 Å². The summed E-state index contributed by atoms with van der Waals surface area (Å²) in [5.41, 5.74) is -0.433. The number of carbonyl (C=O) groups is 1. The fourth-order valence-electron chi connectivity index (χ4n) is 2.03. The number of aliphatic hydroxyl groups excluding tert-OH is 1. The summed E-state index contributed by atoms with van der Waals surface area (Å²) in [5, 5.41) is 9.86. The van der Waals surface area contributed by atoms with Gasteiger partial charge in [0.05, 0.1) is 6.10 Å². The highest BCUT2D eigenvalue weighted by Gasteiger charge is 2.43. The second-order valence-corrected chi connectivity index (χ2v) is 5.97. The van der Waals surface area contributed by atoms with Gasteiger partial charge in [0.25, 0.3) is 0 Å². The minimum Gasteiger partial charge on any atom is -0.444 e. The van der Waals surface area contributed by atoms with Gasteiger partial charge in [-0.1, -0.05) is 0 Å². The fourth-order valence-corrected chi connectivity index (χ4v) is 2.03. The first-order valence-corrected chi connectivity index (χ1v) is 6.03. The van der Waals surface area contributed by atoms with E-state index in [4.69, 9.17) is 4.74 Å². The Hall–Kier alpha value is -0.770. The van der Waals surface area contributed by atoms with Crippen LogP contribution < -0.4 is 0 Å². The summed E-state index contributed by atoms with van der Waals surface area (Å²) >= 11 is 0. The van der Waals surface area contributed by atoms with E-state index in [0.29, 0.717) is 19.0 Å². The average molecular weight is 227 g/mol. The molecule has 0 aromatic rings. The number of rotatable bonds is 2. The standard InChI is InChI=1S/C12H21NO3/c1-12(2,3)16-11(15)13-6-9(7-13)10(14)8-4-5-8/h8-10,14H,4-7H2,1-3H3. The minimum atomic E-state index is -0.433. The molecule has 0 aromatic heterocycles. The molecule has 2 aliphatic rings. The normalized spacial score (nSPS) is 23.9. The monoisotopic (exact) mass is 227 g/mol. The number of amides is 1. The molecule has 16 heavy (non-hydrogen) atoms. The number of hydrogen-bond acceptors (Lipinski definition) is 3. The molecule has 2 fully saturated rings. The van der Waals surface area contributed by atoms with Crippen LogP contribution in [0.15, 0.2) is 0 Å². The van der Waals surface area contributed by atoms with E-state index < -0.39 is 5.60 Å². The Labute approximate surface area is 96.6 Å². The van der Waals surface area contributed by atoms with Crippen molar-refractivity contribution < 1.29 is 14.6 Å². The van der Waals surface area contributed by atoms with Gasteiger partial charge < -0.3 is 14.7 Å². The largest absolute Gasteiger partial charge is 0.444 e. The first kappa shape index (κ1) is 11.7. The van der Waals surface area contributed by atoms with Gasteiger partial charge in [0.15, 0.2) is 0 Å². The third-order valence-corrected chi connectivity index (χ3v) is 3.15. The van der Waals surface area contributed by atoms with E-state index in [1.807, 2.05) is 20.8 Å². The van der Waals surface area contributed by atoms with Gasteiger partial charge >= 0.3 is 6.09 Å². The van der Waals surface area contributed by atoms with E-state index in [2.05, 4.69) is 0 Å². The van der Waals surface area contributed by atoms with Gasteiger partial charge in [-0.15, -0.1) is 0 Å². The molecule has 0 radical (unpaired) electrons. The minimum absolute atomic E-state index is 0.210. The highest BCUT2D eigenvalue weighted by atomic mass is 16.6. The maximum atomic E-state index is 11.6. The molecule has 1 saturated carbocycles. The molecule has 1 saturated heterocycles. The molecule has 1 heterocycles. The highest BCUT2D eigenvalue weighted by Crippen LogP contribution is 2.38. The summed E-state index contributed by atoms with van der Waals surface area (Å²) in [5.74, 6) is 0.755. The fraction of sp³-hybridized carbons (Fsp3) is 0.917. The van der Waals surface area contributed by atoms with E-state index in [9.17, 15) is 9.90 Å². The van der Waals surface area contributed by atoms with E-state index in [0.717, 1.165) is 12.8 Å². The number of nitrogens with zero attached hydrogens (tertiary/aromatic N) is 1. The van der Waals surface area contributed by atoms with Crippen LogP contribution in [0.5, 0.6) is 0 Å². The Morgan fingerprint density at radius 1 is 1.31 bits per heavy atom. The predicted molar refractivity (Wildman–Crippen MR) is 60.0 cm³/mol. The van der Waals surface area contributed by atoms with Crippen molar-refractivity contribution in [2.24, 2.45) is 11.8 Å². The lowest BCUT2D eigenvalue weighted by Gasteiger charge is -2.42. The lowest BCUT2D eigenvalue weighted by atomic mass is 9.91. The van der Waals surface area contributed by atoms with Gasteiger partial charge in [0.2, 0.25) is 0 Å². The van der Waals surface area contributed by atoms with Crippen LogP contribution in [0, 0.1) is 11.8 Å². The molecule has 2 rings (SSSR count). The summed E-state index contributed by atoms with van der Waals surface area (Å²) in [6, 6.07) is 0. The summed E-state index contributed by atoms with van der Waals surface area (Å²) < 4.78 is 5.25. The van der Waals surface area contributed by atoms with Crippen LogP contribution >= 0.6 is 0 Å². The second-order valence-electron chi connectivity index (χ2n) is 5.97. The maximum absolute atomic E-state index is 11.6. The van der Waals surface area contributed by atoms with Crippen molar-refractivity contribution in [3.8, 4) is 0 Å². The Bertz CT molecular complexity index is 274. The number of hydrogen-bond donors (Lipinski definition) is 1. The van der Waals surface area contributed by atoms with Crippen LogP contribution in [-0.4, -0.2) is 40.9 Å². The van der Waals surface area contributed by atoms with Crippen LogP contribution in [0.1, 0.15) is 33.6 Å². The maximum Gasteiger partial charge on any atom is 0.410 e. The van der Waals surface area contributed by atoms with Crippen LogP contribution in [0.4, 0.5) is 4.79 Å². The van der Waals surface area contributed by atoms with Gasteiger partial charge in [-0.3, -0.25) is 0 Å². The smallest absolute Gasteiger partial charge is 0.410 e. The van der Waals surface area contributed by atoms with Crippen molar-refractivity contribution in [3.63, 3.8) is 0 Å². The zero-order valence-corrected chi connectivity index (χ0v) is 10.3. The molecule has 1 aliphatic heterocycles. The summed E-state index contributed by atoms with van der Waals surface area (Å²) in [4.78, 5) is 13.3. The highest BCUT2D eigenvalue weighted by molar-refractivity contribution is 5.69. The average Bonchev–Trinajstić information content (AvgIpc) is 2.77. The molecule has 1 amide bonds. The van der Waals surface area contributed by atoms with E-state index in [1.54, 1.807) is 4.90 Å². The first-order valence-electron chi connectivity index (χ1n) is 6.03. The molecule has 1 unspecified atom stereocenters. The Kier molecular flexibility index (Phi) is 2.86. The Morgan fingerprint density at radius 2 is 1.88 bits per heavy atom. The zero-order chi connectivity index (χ0) is 11.9. The number of carbonyl (C=O) groups excluding carboxylic acids is 1. The van der Waals surface area contributed by atoms with Crippen molar-refractivity contribution in [3.05, 3.63) is 0 Å². The van der Waals surface area contributed by atoms with E-state index >= 15 is 0 Å². The second kappa shape index (κ2) is 3.91. The zero-order valence-electron chi connectivity index (χ0n) is 10.3. The topological polar surface area (TPSA) is 49.8 Å². The Balaban J connectivity index is 1.73. The summed E-state index contributed by atoms with van der Waals surface area (Å²) in [7, 11) is 0. The van der Waals surface area contributed by atoms with Crippen molar-refractivity contribution in [2.45, 2.75) is 45.3 Å². The number of likely N-dealkylation sites (tertiary alicyclic amines) is 1. The van der Waals surface area contributed by atoms with Gasteiger partial charge in [0.1, 0.15) is 5.60 Å². The molecule has 92 valence electrons. The van der Waals surface area contributed by atoms with Crippen LogP contribution in [0.3, 0.4) is 0 Å². The van der Waals surface area contributed by atoms with E-state index in [-0.39, 0.29) is 18.1 Å². The van der Waals surface area contributed by atoms with Gasteiger partial charge in [-0.2, -0.15) is 0 Å². The van der Waals surface area contributed by atoms with Crippen LogP contribution in [0.25, 0.3) is 0 Å². The molecule has 1 aliphatic carbocycles. The molecule has 1 atom stereocenters. The molecular formula is C12H21NO3. The van der Waals surface area contributed by atoms with Gasteiger partial charge in [0, 0.05) is 19.0 Å². The SMILES string of the molecule is CC(C)(C)OC(=O)N1CC(C(O)C2CC2)C1. The Morgan fingerprint density at radius 3 is 2.31 bits per heavy atom. The third kappa shape index (κ3) is 2.67. The third-order valence-electron chi connectivity index (χ3n) is 3.15. The molecular weight excluding hydrogens is 206 g/mol. The predicted octanol–water partition coefficient (Wildman–Crippen LogP) is 1.62. The molecule has 4 heteroatoms. The van der Waals surface area contributed by atoms with Crippen LogP contribution in [-0.2, 0) is 4.74 Å². The lowest BCUT2D eigenvalue weighted by molar-refractivity contribution is -0.0360. The van der Waals surface area contributed by atoms with Gasteiger partial charge in [-0.25, -0.2) is 4.79 Å². The quantitative estimate of drug-likeness (QED) is 0.780. The number of aliphatic hydroxyl groups is 1. The van der Waals surface area contributed by atoms with Gasteiger partial charge in [-0.05, 0) is 39.5 Å². The summed E-state index contributed by atoms with van der Waals surface area (Å²) in [6.07, 6.45) is 1.82. The van der Waals surface area contributed by atoms with E-state index in [1.165, 1.54) is 0 Å². The van der Waals surface area contributed by atoms with Crippen molar-refractivity contribution in [1.29, 1.82) is 0 Å². The van der Waals surface area contributed by atoms with Crippen molar-refractivity contribution >= 4 is 6.09 Å². The molecule has 0 aromatic carbocycles. The van der Waals surface area contributed by atoms with Crippen molar-refractivity contribution in [2.75, 3.05) is 13.1 Å². The first-order chi connectivity index (χ1) is 7.37.